The minimum absolute atomic E-state index is 0.0589. The van der Waals surface area contributed by atoms with Gasteiger partial charge in [-0.1, -0.05) is 0 Å². The summed E-state index contributed by atoms with van der Waals surface area (Å²) in [6.45, 7) is 3.98. The number of nitrogens with one attached hydrogen (secondary N) is 3. The molecule has 2 aromatic rings. The molecule has 0 saturated carbocycles. The monoisotopic (exact) mass is 461 g/mol. The van der Waals surface area contributed by atoms with Crippen molar-refractivity contribution in [2.45, 2.75) is 52.0 Å². The van der Waals surface area contributed by atoms with Crippen molar-refractivity contribution >= 4 is 40.8 Å². The van der Waals surface area contributed by atoms with Gasteiger partial charge in [-0.25, -0.2) is 4.79 Å². The number of hydrogen-bond donors (Lipinski definition) is 5. The summed E-state index contributed by atoms with van der Waals surface area (Å²) < 4.78 is 0. The number of carboxylic acids is 1. The summed E-state index contributed by atoms with van der Waals surface area (Å²) >= 11 is 1.34. The molecule has 1 aliphatic heterocycles. The molecule has 0 bridgehead atoms. The Morgan fingerprint density at radius 3 is 2.84 bits per heavy atom. The number of aryl methyl sites for hydroxylation is 2. The van der Waals surface area contributed by atoms with E-state index >= 15 is 0 Å². The van der Waals surface area contributed by atoms with Crippen LogP contribution in [0.2, 0.25) is 0 Å². The lowest BCUT2D eigenvalue weighted by atomic mass is 9.92. The van der Waals surface area contributed by atoms with Crippen molar-refractivity contribution < 1.29 is 19.5 Å². The lowest BCUT2D eigenvalue weighted by molar-refractivity contribution is -0.139. The smallest absolute Gasteiger partial charge is 0.326 e. The Bertz CT molecular complexity index is 1090. The summed E-state index contributed by atoms with van der Waals surface area (Å²) in [6.07, 6.45) is 2.30. The van der Waals surface area contributed by atoms with Crippen LogP contribution in [-0.4, -0.2) is 45.3 Å². The number of rotatable bonds is 9. The van der Waals surface area contributed by atoms with Crippen LogP contribution in [0.1, 0.15) is 51.9 Å². The molecule has 2 aromatic heterocycles. The van der Waals surface area contributed by atoms with Gasteiger partial charge in [0.15, 0.2) is 0 Å². The molecule has 2 atom stereocenters. The van der Waals surface area contributed by atoms with Crippen LogP contribution < -0.4 is 21.9 Å². The Hall–Kier alpha value is -3.21. The summed E-state index contributed by atoms with van der Waals surface area (Å²) in [5.74, 6) is -0.887. The summed E-state index contributed by atoms with van der Waals surface area (Å²) in [6, 6.07) is 0.650. The highest BCUT2D eigenvalue weighted by atomic mass is 32.1. The number of hydrogen-bond acceptors (Lipinski definition) is 8. The summed E-state index contributed by atoms with van der Waals surface area (Å²) in [5.41, 5.74) is 6.92. The normalized spacial score (nSPS) is 16.0. The zero-order chi connectivity index (χ0) is 23.4. The number of carbonyl (C=O) groups excluding carboxylic acids is 2. The van der Waals surface area contributed by atoms with Crippen molar-refractivity contribution in [3.63, 3.8) is 0 Å². The van der Waals surface area contributed by atoms with Crippen LogP contribution in [0.15, 0.2) is 10.9 Å². The van der Waals surface area contributed by atoms with E-state index in [1.54, 1.807) is 6.07 Å². The van der Waals surface area contributed by atoms with Crippen LogP contribution in [0.3, 0.4) is 0 Å². The van der Waals surface area contributed by atoms with E-state index in [-0.39, 0.29) is 36.1 Å². The number of anilines is 2. The standard InChI is InChI=1S/C21H27N5O5S/c1-10-7-16(19(29)24-14(20(30)31)5-3-11(2)27)32-15(10)6-4-12-8-13-17(23-9-12)25-21(22)26-18(13)28/h7,12,14H,3-6,8-9H2,1-2H3,(H,24,29)(H,30,31)(H4,22,23,25,26,28)/t12?,14-/m0/s1. The first-order valence-electron chi connectivity index (χ1n) is 10.4. The molecule has 1 aliphatic rings. The van der Waals surface area contributed by atoms with Crippen molar-refractivity contribution in [3.05, 3.63) is 37.3 Å². The second-order valence-electron chi connectivity index (χ2n) is 8.09. The Labute approximate surface area is 188 Å². The molecule has 0 spiro atoms. The molecule has 3 rings (SSSR count). The van der Waals surface area contributed by atoms with Crippen molar-refractivity contribution in [2.24, 2.45) is 5.92 Å². The second kappa shape index (κ2) is 9.94. The maximum Gasteiger partial charge on any atom is 0.326 e. The van der Waals surface area contributed by atoms with Gasteiger partial charge in [0.25, 0.3) is 11.5 Å². The fourth-order valence-corrected chi connectivity index (χ4v) is 4.80. The molecule has 0 radical (unpaired) electrons. The van der Waals surface area contributed by atoms with E-state index in [1.807, 2.05) is 6.92 Å². The second-order valence-corrected chi connectivity index (χ2v) is 9.23. The minimum atomic E-state index is -1.16. The fourth-order valence-electron chi connectivity index (χ4n) is 3.71. The molecular weight excluding hydrogens is 434 g/mol. The average molecular weight is 462 g/mol. The number of aliphatic carboxylic acids is 1. The van der Waals surface area contributed by atoms with Crippen LogP contribution in [0.4, 0.5) is 11.8 Å². The van der Waals surface area contributed by atoms with Crippen molar-refractivity contribution in [2.75, 3.05) is 17.6 Å². The summed E-state index contributed by atoms with van der Waals surface area (Å²) in [4.78, 5) is 55.4. The molecule has 0 fully saturated rings. The number of carbonyl (C=O) groups is 3. The number of fused-ring (bicyclic) bond motifs is 1. The number of aromatic amines is 1. The van der Waals surface area contributed by atoms with Crippen LogP contribution in [0.5, 0.6) is 0 Å². The zero-order valence-corrected chi connectivity index (χ0v) is 18.8. The summed E-state index contributed by atoms with van der Waals surface area (Å²) in [5, 5.41) is 15.0. The molecule has 11 heteroatoms. The Morgan fingerprint density at radius 1 is 1.41 bits per heavy atom. The van der Waals surface area contributed by atoms with Crippen LogP contribution in [0.25, 0.3) is 0 Å². The van der Waals surface area contributed by atoms with E-state index in [9.17, 15) is 24.3 Å². The zero-order valence-electron chi connectivity index (χ0n) is 18.0. The van der Waals surface area contributed by atoms with Crippen LogP contribution >= 0.6 is 11.3 Å². The van der Waals surface area contributed by atoms with Gasteiger partial charge < -0.3 is 26.3 Å². The van der Waals surface area contributed by atoms with Gasteiger partial charge in [0.05, 0.1) is 10.4 Å². The Balaban J connectivity index is 1.60. The third-order valence-electron chi connectivity index (χ3n) is 5.50. The highest BCUT2D eigenvalue weighted by Crippen LogP contribution is 2.28. The van der Waals surface area contributed by atoms with Gasteiger partial charge in [-0.3, -0.25) is 14.6 Å². The Kier molecular flexibility index (Phi) is 7.29. The van der Waals surface area contributed by atoms with Gasteiger partial charge >= 0.3 is 5.97 Å². The third-order valence-corrected chi connectivity index (χ3v) is 6.79. The highest BCUT2D eigenvalue weighted by molar-refractivity contribution is 7.14. The lowest BCUT2D eigenvalue weighted by Gasteiger charge is -2.24. The first kappa shape index (κ1) is 23.5. The SMILES string of the molecule is CC(=O)CC[C@H](NC(=O)c1cc(C)c(CCC2CNc3nc(N)[nH]c(=O)c3C2)s1)C(=O)O. The molecule has 0 aromatic carbocycles. The number of H-pyrrole nitrogens is 1. The van der Waals surface area contributed by atoms with E-state index in [2.05, 4.69) is 20.6 Å². The average Bonchev–Trinajstić information content (AvgIpc) is 3.10. The van der Waals surface area contributed by atoms with Gasteiger partial charge in [-0.15, -0.1) is 11.3 Å². The van der Waals surface area contributed by atoms with Crippen molar-refractivity contribution in [1.82, 2.24) is 15.3 Å². The number of amides is 1. The molecule has 0 aliphatic carbocycles. The number of Topliss-reactive ketones (excluding diaryl/α,β-unsaturated/α-hetero) is 1. The number of nitrogen functional groups attached to an aromatic ring is 1. The van der Waals surface area contributed by atoms with Gasteiger partial charge in [0, 0.05) is 17.8 Å². The van der Waals surface area contributed by atoms with E-state index in [0.717, 1.165) is 23.3 Å². The molecule has 1 amide bonds. The van der Waals surface area contributed by atoms with E-state index in [1.165, 1.54) is 18.3 Å². The number of nitrogens with two attached hydrogens (primary N) is 1. The predicted octanol–water partition coefficient (Wildman–Crippen LogP) is 1.49. The molecule has 0 saturated heterocycles. The molecule has 6 N–H and O–H groups in total. The van der Waals surface area contributed by atoms with Gasteiger partial charge in [0.2, 0.25) is 5.95 Å². The molecule has 1 unspecified atom stereocenters. The number of thiophene rings is 1. The van der Waals surface area contributed by atoms with Crippen LogP contribution in [0, 0.1) is 12.8 Å². The fraction of sp³-hybridized carbons (Fsp3) is 0.476. The molecular formula is C21H27N5O5S. The number of carboxylic acid groups (broad SMARTS) is 1. The first-order valence-corrected chi connectivity index (χ1v) is 11.2. The maximum absolute atomic E-state index is 12.6. The molecule has 32 heavy (non-hydrogen) atoms. The van der Waals surface area contributed by atoms with Gasteiger partial charge in [0.1, 0.15) is 17.6 Å². The third kappa shape index (κ3) is 5.72. The van der Waals surface area contributed by atoms with Gasteiger partial charge in [-0.2, -0.15) is 4.98 Å². The highest BCUT2D eigenvalue weighted by Gasteiger charge is 2.24. The number of aromatic nitrogens is 2. The molecule has 172 valence electrons. The largest absolute Gasteiger partial charge is 0.480 e. The van der Waals surface area contributed by atoms with Crippen LogP contribution in [-0.2, 0) is 22.4 Å². The quantitative estimate of drug-likeness (QED) is 0.374. The molecule has 3 heterocycles. The maximum atomic E-state index is 12.6. The minimum Gasteiger partial charge on any atom is -0.480 e. The Morgan fingerprint density at radius 2 is 2.16 bits per heavy atom. The lowest BCUT2D eigenvalue weighted by Crippen LogP contribution is -2.40. The van der Waals surface area contributed by atoms with Crippen molar-refractivity contribution in [3.8, 4) is 0 Å². The van der Waals surface area contributed by atoms with E-state index in [0.29, 0.717) is 29.2 Å². The first-order chi connectivity index (χ1) is 15.1. The predicted molar refractivity (Wildman–Crippen MR) is 121 cm³/mol. The molecule has 10 nitrogen and oxygen atoms in total. The number of ketones is 1. The van der Waals surface area contributed by atoms with Gasteiger partial charge in [-0.05, 0) is 57.1 Å². The summed E-state index contributed by atoms with van der Waals surface area (Å²) in [7, 11) is 0. The van der Waals surface area contributed by atoms with Crippen molar-refractivity contribution in [1.29, 1.82) is 0 Å². The van der Waals surface area contributed by atoms with E-state index in [4.69, 9.17) is 5.73 Å². The van der Waals surface area contributed by atoms with E-state index < -0.39 is 17.9 Å². The number of nitrogens with zero attached hydrogens (tertiary/aromatic N) is 1. The topological polar surface area (TPSA) is 167 Å².